The first-order chi connectivity index (χ1) is 14.2. The topological polar surface area (TPSA) is 60.6 Å². The number of aromatic nitrogens is 2. The fourth-order valence-electron chi connectivity index (χ4n) is 3.75. The van der Waals surface area contributed by atoms with Crippen molar-refractivity contribution in [3.63, 3.8) is 0 Å². The number of aryl methyl sites for hydroxylation is 1. The number of hydrogen-bond acceptors (Lipinski definition) is 6. The molecule has 0 amide bonds. The maximum atomic E-state index is 5.87. The number of para-hydroxylation sites is 1. The molecule has 1 aliphatic rings. The third-order valence-electron chi connectivity index (χ3n) is 5.17. The summed E-state index contributed by atoms with van der Waals surface area (Å²) in [5, 5.41) is 4.22. The van der Waals surface area contributed by atoms with Gasteiger partial charge in [0.1, 0.15) is 5.75 Å². The number of methoxy groups -OCH3 is 1. The van der Waals surface area contributed by atoms with Crippen molar-refractivity contribution in [1.82, 2.24) is 15.0 Å². The van der Waals surface area contributed by atoms with Crippen molar-refractivity contribution in [1.29, 1.82) is 0 Å². The molecule has 1 fully saturated rings. The molecule has 6 heteroatoms. The van der Waals surface area contributed by atoms with Crippen LogP contribution in [0.15, 0.2) is 53.1 Å². The van der Waals surface area contributed by atoms with Crippen LogP contribution < -0.4 is 4.74 Å². The van der Waals surface area contributed by atoms with Gasteiger partial charge in [0, 0.05) is 30.8 Å². The minimum Gasteiger partial charge on any atom is -0.496 e. The van der Waals surface area contributed by atoms with Crippen molar-refractivity contribution in [2.75, 3.05) is 20.3 Å². The summed E-state index contributed by atoms with van der Waals surface area (Å²) in [7, 11) is 1.70. The Balaban J connectivity index is 1.52. The van der Waals surface area contributed by atoms with Crippen LogP contribution in [0.25, 0.3) is 11.5 Å². The van der Waals surface area contributed by atoms with Crippen molar-refractivity contribution in [2.24, 2.45) is 0 Å². The summed E-state index contributed by atoms with van der Waals surface area (Å²) in [6, 6.07) is 16.2. The molecule has 0 saturated carbocycles. The zero-order chi connectivity index (χ0) is 20.1. The SMILES string of the molecule is COc1ccccc1CN(Cc1noc(-c2cccc(C)c2)n1)C[C@@H]1CCCO1. The lowest BCUT2D eigenvalue weighted by atomic mass is 10.1. The third-order valence-corrected chi connectivity index (χ3v) is 5.17. The molecule has 0 N–H and O–H groups in total. The van der Waals surface area contributed by atoms with Gasteiger partial charge < -0.3 is 14.0 Å². The van der Waals surface area contributed by atoms with Gasteiger partial charge >= 0.3 is 0 Å². The van der Waals surface area contributed by atoms with Gasteiger partial charge in [0.25, 0.3) is 5.89 Å². The first-order valence-electron chi connectivity index (χ1n) is 10.1. The second-order valence-electron chi connectivity index (χ2n) is 7.50. The monoisotopic (exact) mass is 393 g/mol. The molecule has 0 radical (unpaired) electrons. The van der Waals surface area contributed by atoms with Crippen LogP contribution in [-0.4, -0.2) is 41.4 Å². The van der Waals surface area contributed by atoms with Gasteiger partial charge in [0.15, 0.2) is 5.82 Å². The van der Waals surface area contributed by atoms with E-state index in [0.717, 1.165) is 49.4 Å². The lowest BCUT2D eigenvalue weighted by molar-refractivity contribution is 0.0664. The Morgan fingerprint density at radius 3 is 2.83 bits per heavy atom. The van der Waals surface area contributed by atoms with Gasteiger partial charge in [0.05, 0.1) is 19.8 Å². The Hall–Kier alpha value is -2.70. The fraction of sp³-hybridized carbons (Fsp3) is 0.391. The molecular formula is C23H27N3O3. The Labute approximate surface area is 171 Å². The molecule has 1 saturated heterocycles. The van der Waals surface area contributed by atoms with Gasteiger partial charge in [-0.05, 0) is 38.0 Å². The number of benzene rings is 2. The van der Waals surface area contributed by atoms with Gasteiger partial charge in [0.2, 0.25) is 0 Å². The van der Waals surface area contributed by atoms with Crippen molar-refractivity contribution < 1.29 is 14.0 Å². The number of hydrogen-bond donors (Lipinski definition) is 0. The first kappa shape index (κ1) is 19.6. The summed E-state index contributed by atoms with van der Waals surface area (Å²) in [5.74, 6) is 2.12. The molecule has 6 nitrogen and oxygen atoms in total. The standard InChI is InChI=1S/C23H27N3O3/c1-17-7-5-9-18(13-17)23-24-22(25-29-23)16-26(15-20-10-6-12-28-20)14-19-8-3-4-11-21(19)27-2/h3-5,7-9,11,13,20H,6,10,12,14-16H2,1-2H3/t20-/m0/s1. The molecule has 2 heterocycles. The number of ether oxygens (including phenoxy) is 2. The average molecular weight is 393 g/mol. The van der Waals surface area contributed by atoms with Gasteiger partial charge in [-0.1, -0.05) is 41.1 Å². The Bertz CT molecular complexity index is 934. The molecule has 1 aliphatic heterocycles. The maximum Gasteiger partial charge on any atom is 0.257 e. The molecule has 152 valence electrons. The van der Waals surface area contributed by atoms with E-state index in [9.17, 15) is 0 Å². The van der Waals surface area contributed by atoms with Crippen molar-refractivity contribution in [3.05, 3.63) is 65.5 Å². The molecule has 3 aromatic rings. The minimum absolute atomic E-state index is 0.243. The first-order valence-corrected chi connectivity index (χ1v) is 10.1. The minimum atomic E-state index is 0.243. The van der Waals surface area contributed by atoms with E-state index < -0.39 is 0 Å². The Kier molecular flexibility index (Phi) is 6.22. The lowest BCUT2D eigenvalue weighted by Gasteiger charge is -2.24. The van der Waals surface area contributed by atoms with Crippen LogP contribution in [0.2, 0.25) is 0 Å². The van der Waals surface area contributed by atoms with Crippen LogP contribution in [0.1, 0.15) is 29.8 Å². The lowest BCUT2D eigenvalue weighted by Crippen LogP contribution is -2.32. The quantitative estimate of drug-likeness (QED) is 0.571. The van der Waals surface area contributed by atoms with E-state index in [1.165, 1.54) is 5.56 Å². The fourth-order valence-corrected chi connectivity index (χ4v) is 3.75. The van der Waals surface area contributed by atoms with Crippen molar-refractivity contribution in [2.45, 2.75) is 39.0 Å². The predicted octanol–water partition coefficient (Wildman–Crippen LogP) is 4.23. The van der Waals surface area contributed by atoms with E-state index in [1.807, 2.05) is 30.3 Å². The van der Waals surface area contributed by atoms with Crippen LogP contribution >= 0.6 is 0 Å². The highest BCUT2D eigenvalue weighted by Gasteiger charge is 2.22. The van der Waals surface area contributed by atoms with Gasteiger partial charge in [-0.25, -0.2) is 0 Å². The molecule has 29 heavy (non-hydrogen) atoms. The summed E-state index contributed by atoms with van der Waals surface area (Å²) in [4.78, 5) is 6.93. The van der Waals surface area contributed by atoms with E-state index in [0.29, 0.717) is 18.3 Å². The Morgan fingerprint density at radius 1 is 1.14 bits per heavy atom. The highest BCUT2D eigenvalue weighted by Crippen LogP contribution is 2.23. The largest absolute Gasteiger partial charge is 0.496 e. The van der Waals surface area contributed by atoms with Crippen LogP contribution in [0.4, 0.5) is 0 Å². The smallest absolute Gasteiger partial charge is 0.257 e. The normalized spacial score (nSPS) is 16.4. The predicted molar refractivity (Wildman–Crippen MR) is 111 cm³/mol. The maximum absolute atomic E-state index is 5.87. The summed E-state index contributed by atoms with van der Waals surface area (Å²) in [6.45, 7) is 5.04. The van der Waals surface area contributed by atoms with Gasteiger partial charge in [-0.3, -0.25) is 4.90 Å². The van der Waals surface area contributed by atoms with Crippen LogP contribution in [-0.2, 0) is 17.8 Å². The van der Waals surface area contributed by atoms with E-state index >= 15 is 0 Å². The zero-order valence-electron chi connectivity index (χ0n) is 17.0. The average Bonchev–Trinajstić information content (AvgIpc) is 3.41. The molecule has 1 atom stereocenters. The van der Waals surface area contributed by atoms with Crippen molar-refractivity contribution in [3.8, 4) is 17.2 Å². The van der Waals surface area contributed by atoms with Gasteiger partial charge in [-0.15, -0.1) is 0 Å². The number of nitrogens with zero attached hydrogens (tertiary/aromatic N) is 3. The summed E-state index contributed by atoms with van der Waals surface area (Å²) >= 11 is 0. The molecule has 0 unspecified atom stereocenters. The molecule has 0 spiro atoms. The second kappa shape index (κ2) is 9.20. The zero-order valence-corrected chi connectivity index (χ0v) is 17.0. The van der Waals surface area contributed by atoms with Crippen LogP contribution in [0, 0.1) is 6.92 Å². The highest BCUT2D eigenvalue weighted by atomic mass is 16.5. The molecular weight excluding hydrogens is 366 g/mol. The van der Waals surface area contributed by atoms with Crippen LogP contribution in [0.3, 0.4) is 0 Å². The Morgan fingerprint density at radius 2 is 2.03 bits per heavy atom. The molecule has 1 aromatic heterocycles. The van der Waals surface area contributed by atoms with E-state index in [1.54, 1.807) is 7.11 Å². The molecule has 0 aliphatic carbocycles. The van der Waals surface area contributed by atoms with E-state index in [-0.39, 0.29) is 6.10 Å². The molecule has 4 rings (SSSR count). The summed E-state index contributed by atoms with van der Waals surface area (Å²) in [5.41, 5.74) is 3.24. The second-order valence-corrected chi connectivity index (χ2v) is 7.50. The van der Waals surface area contributed by atoms with E-state index in [4.69, 9.17) is 14.0 Å². The molecule has 0 bridgehead atoms. The third kappa shape index (κ3) is 5.02. The van der Waals surface area contributed by atoms with E-state index in [2.05, 4.69) is 40.2 Å². The van der Waals surface area contributed by atoms with Crippen molar-refractivity contribution >= 4 is 0 Å². The molecule has 2 aromatic carbocycles. The summed E-state index contributed by atoms with van der Waals surface area (Å²) in [6.07, 6.45) is 2.45. The highest BCUT2D eigenvalue weighted by molar-refractivity contribution is 5.53. The number of rotatable bonds is 8. The summed E-state index contributed by atoms with van der Waals surface area (Å²) < 4.78 is 16.9. The van der Waals surface area contributed by atoms with Crippen LogP contribution in [0.5, 0.6) is 5.75 Å². The van der Waals surface area contributed by atoms with Gasteiger partial charge in [-0.2, -0.15) is 4.98 Å².